The summed E-state index contributed by atoms with van der Waals surface area (Å²) < 4.78 is 15.3. The second-order valence-electron chi connectivity index (χ2n) is 12.1. The molecular formula is C41H31N5O. The molecule has 3 heterocycles. The Morgan fingerprint density at radius 1 is 0.596 bits per heavy atom. The lowest BCUT2D eigenvalue weighted by molar-refractivity contribution is -0.649. The van der Waals surface area contributed by atoms with Gasteiger partial charge in [-0.25, -0.2) is 4.98 Å². The van der Waals surface area contributed by atoms with E-state index in [-0.39, 0.29) is 0 Å². The molecular weight excluding hydrogens is 578 g/mol. The maximum Gasteiger partial charge on any atom is 0.244 e. The predicted molar refractivity (Wildman–Crippen MR) is 188 cm³/mol. The predicted octanol–water partition coefficient (Wildman–Crippen LogP) is 9.10. The van der Waals surface area contributed by atoms with Crippen molar-refractivity contribution in [3.05, 3.63) is 151 Å². The van der Waals surface area contributed by atoms with Gasteiger partial charge in [0.2, 0.25) is 12.3 Å². The molecule has 0 amide bonds. The molecule has 0 bridgehead atoms. The highest BCUT2D eigenvalue weighted by Gasteiger charge is 2.22. The molecule has 0 unspecified atom stereocenters. The standard InChI is InChI=1S/C41H31N5O/c1-27-12-10-13-28(2)40(27)46-36-19-7-5-17-34(36)42-41(46)45-35-18-6-4-16-32(35)33-23-22-31(25-39(33)45)47-30-15-11-14-29(24-30)44-26-43(3)37-20-8-9-21-38(37)44/h4-25H,1-3H3. The zero-order chi connectivity index (χ0) is 31.6. The lowest BCUT2D eigenvalue weighted by atomic mass is 10.1. The molecule has 0 saturated carbocycles. The Hall–Kier alpha value is -6.14. The summed E-state index contributed by atoms with van der Waals surface area (Å²) in [6.07, 6.45) is 3.43. The average molecular weight is 610 g/mol. The molecule has 47 heavy (non-hydrogen) atoms. The van der Waals surface area contributed by atoms with Crippen molar-refractivity contribution in [1.82, 2.24) is 18.7 Å². The molecule has 0 fully saturated rings. The Morgan fingerprint density at radius 3 is 2.13 bits per heavy atom. The smallest absolute Gasteiger partial charge is 0.244 e. The zero-order valence-electron chi connectivity index (χ0n) is 26.3. The van der Waals surface area contributed by atoms with Crippen molar-refractivity contribution in [2.75, 3.05) is 0 Å². The van der Waals surface area contributed by atoms with Crippen LogP contribution in [0.5, 0.6) is 11.5 Å². The molecule has 0 spiro atoms. The number of imidazole rings is 2. The van der Waals surface area contributed by atoms with Crippen molar-refractivity contribution < 1.29 is 9.30 Å². The second kappa shape index (κ2) is 10.5. The molecule has 0 aliphatic rings. The van der Waals surface area contributed by atoms with Crippen molar-refractivity contribution >= 4 is 43.9 Å². The highest BCUT2D eigenvalue weighted by atomic mass is 16.5. The highest BCUT2D eigenvalue weighted by Crippen LogP contribution is 2.38. The molecule has 0 atom stereocenters. The van der Waals surface area contributed by atoms with Crippen LogP contribution in [0.2, 0.25) is 0 Å². The van der Waals surface area contributed by atoms with Gasteiger partial charge in [0.1, 0.15) is 11.5 Å². The molecule has 9 rings (SSSR count). The van der Waals surface area contributed by atoms with E-state index in [0.29, 0.717) is 0 Å². The monoisotopic (exact) mass is 609 g/mol. The van der Waals surface area contributed by atoms with E-state index in [1.54, 1.807) is 0 Å². The first-order valence-electron chi connectivity index (χ1n) is 15.8. The number of aromatic nitrogens is 5. The molecule has 6 heteroatoms. The van der Waals surface area contributed by atoms with E-state index in [4.69, 9.17) is 9.72 Å². The average Bonchev–Trinajstić information content (AvgIpc) is 3.74. The maximum atomic E-state index is 6.59. The lowest BCUT2D eigenvalue weighted by Crippen LogP contribution is -2.26. The zero-order valence-corrected chi connectivity index (χ0v) is 26.3. The summed E-state index contributed by atoms with van der Waals surface area (Å²) in [7, 11) is 2.02. The molecule has 0 N–H and O–H groups in total. The lowest BCUT2D eigenvalue weighted by Gasteiger charge is -2.17. The van der Waals surface area contributed by atoms with Gasteiger partial charge in [0.15, 0.2) is 0 Å². The van der Waals surface area contributed by atoms with Gasteiger partial charge >= 0.3 is 0 Å². The Kier molecular flexibility index (Phi) is 6.05. The van der Waals surface area contributed by atoms with E-state index in [2.05, 4.69) is 143 Å². The number of hydrogen-bond donors (Lipinski definition) is 0. The van der Waals surface area contributed by atoms with Gasteiger partial charge in [-0.1, -0.05) is 84.9 Å². The summed E-state index contributed by atoms with van der Waals surface area (Å²) in [5.74, 6) is 2.35. The van der Waals surface area contributed by atoms with E-state index >= 15 is 0 Å². The molecule has 9 aromatic rings. The fourth-order valence-electron chi connectivity index (χ4n) is 6.99. The number of ether oxygens (including phenoxy) is 1. The van der Waals surface area contributed by atoms with Crippen LogP contribution in [0.4, 0.5) is 0 Å². The van der Waals surface area contributed by atoms with Crippen LogP contribution in [0, 0.1) is 20.2 Å². The Balaban J connectivity index is 1.23. The quantitative estimate of drug-likeness (QED) is 0.144. The third kappa shape index (κ3) is 4.26. The fourth-order valence-corrected chi connectivity index (χ4v) is 6.99. The van der Waals surface area contributed by atoms with E-state index in [1.165, 1.54) is 16.5 Å². The van der Waals surface area contributed by atoms with Crippen molar-refractivity contribution in [2.24, 2.45) is 7.05 Å². The molecule has 6 aromatic carbocycles. The molecule has 0 saturated heterocycles. The maximum absolute atomic E-state index is 6.59. The van der Waals surface area contributed by atoms with Crippen LogP contribution >= 0.6 is 0 Å². The van der Waals surface area contributed by atoms with Gasteiger partial charge in [-0.3, -0.25) is 9.13 Å². The third-order valence-electron chi connectivity index (χ3n) is 9.10. The minimum atomic E-state index is 0.750. The fraction of sp³-hybridized carbons (Fsp3) is 0.0732. The summed E-state index contributed by atoms with van der Waals surface area (Å²) >= 11 is 0. The number of aryl methyl sites for hydroxylation is 3. The first-order chi connectivity index (χ1) is 23.0. The van der Waals surface area contributed by atoms with Crippen LogP contribution in [0.3, 0.4) is 0 Å². The summed E-state index contributed by atoms with van der Waals surface area (Å²) in [6, 6.07) is 46.2. The molecule has 226 valence electrons. The topological polar surface area (TPSA) is 40.8 Å². The molecule has 3 aromatic heterocycles. The summed E-state index contributed by atoms with van der Waals surface area (Å²) in [5, 5.41) is 2.31. The van der Waals surface area contributed by atoms with E-state index in [1.807, 2.05) is 35.9 Å². The number of benzene rings is 6. The van der Waals surface area contributed by atoms with Crippen molar-refractivity contribution in [1.29, 1.82) is 0 Å². The Morgan fingerprint density at radius 2 is 1.28 bits per heavy atom. The first-order valence-corrected chi connectivity index (χ1v) is 15.8. The molecule has 0 aliphatic carbocycles. The van der Waals surface area contributed by atoms with E-state index < -0.39 is 0 Å². The molecule has 6 nitrogen and oxygen atoms in total. The van der Waals surface area contributed by atoms with E-state index in [9.17, 15) is 0 Å². The van der Waals surface area contributed by atoms with Crippen LogP contribution in [0.25, 0.3) is 61.2 Å². The van der Waals surface area contributed by atoms with Gasteiger partial charge in [0.25, 0.3) is 0 Å². The SMILES string of the molecule is Cc1cccc(C)c1-n1c(-n2c3ccccc3c3ccc(Oc4cccc(-n5[c-][n+](C)c6ccccc65)c4)cc32)nc2ccccc21. The van der Waals surface area contributed by atoms with Gasteiger partial charge in [-0.2, -0.15) is 0 Å². The third-order valence-corrected chi connectivity index (χ3v) is 9.10. The van der Waals surface area contributed by atoms with Crippen LogP contribution in [-0.4, -0.2) is 18.7 Å². The minimum Gasteiger partial charge on any atom is -0.458 e. The first kappa shape index (κ1) is 27.2. The Labute approximate surface area is 272 Å². The number of rotatable bonds is 5. The summed E-state index contributed by atoms with van der Waals surface area (Å²) in [6.45, 7) is 4.34. The number of fused-ring (bicyclic) bond motifs is 5. The second-order valence-corrected chi connectivity index (χ2v) is 12.1. The van der Waals surface area contributed by atoms with Crippen molar-refractivity contribution in [2.45, 2.75) is 13.8 Å². The highest BCUT2D eigenvalue weighted by molar-refractivity contribution is 6.09. The van der Waals surface area contributed by atoms with Crippen LogP contribution in [-0.2, 0) is 7.05 Å². The molecule has 0 radical (unpaired) electrons. The van der Waals surface area contributed by atoms with Gasteiger partial charge in [-0.05, 0) is 67.4 Å². The van der Waals surface area contributed by atoms with Gasteiger partial charge < -0.3 is 13.9 Å². The van der Waals surface area contributed by atoms with Crippen LogP contribution in [0.15, 0.2) is 133 Å². The normalized spacial score (nSPS) is 11.7. The van der Waals surface area contributed by atoms with Crippen molar-refractivity contribution in [3.63, 3.8) is 0 Å². The Bertz CT molecular complexity index is 2640. The van der Waals surface area contributed by atoms with E-state index in [0.717, 1.165) is 67.3 Å². The summed E-state index contributed by atoms with van der Waals surface area (Å²) in [4.78, 5) is 5.28. The molecule has 0 aliphatic heterocycles. The number of para-hydroxylation sites is 6. The van der Waals surface area contributed by atoms with Crippen LogP contribution < -0.4 is 9.30 Å². The summed E-state index contributed by atoms with van der Waals surface area (Å²) in [5.41, 5.74) is 10.9. The van der Waals surface area contributed by atoms with Crippen molar-refractivity contribution in [3.8, 4) is 28.8 Å². The van der Waals surface area contributed by atoms with Gasteiger partial charge in [0.05, 0.1) is 51.5 Å². The van der Waals surface area contributed by atoms with Gasteiger partial charge in [0, 0.05) is 16.8 Å². The van der Waals surface area contributed by atoms with Crippen LogP contribution in [0.1, 0.15) is 11.1 Å². The number of hydrogen-bond acceptors (Lipinski definition) is 2. The number of nitrogens with zero attached hydrogens (tertiary/aromatic N) is 5. The largest absolute Gasteiger partial charge is 0.458 e. The van der Waals surface area contributed by atoms with Gasteiger partial charge in [-0.15, -0.1) is 0 Å². The minimum absolute atomic E-state index is 0.750.